The fraction of sp³-hybridized carbons (Fsp3) is 0.100. The van der Waals surface area contributed by atoms with Crippen LogP contribution >= 0.6 is 15.9 Å². The van der Waals surface area contributed by atoms with Crippen LogP contribution in [0.4, 0.5) is 0 Å². The summed E-state index contributed by atoms with van der Waals surface area (Å²) in [5, 5.41) is 0. The molecule has 0 unspecified atom stereocenters. The minimum absolute atomic E-state index is 0.104. The van der Waals surface area contributed by atoms with Crippen molar-refractivity contribution in [3.63, 3.8) is 0 Å². The molecule has 0 spiro atoms. The largest absolute Gasteiger partial charge is 0.287 e. The van der Waals surface area contributed by atoms with Crippen molar-refractivity contribution >= 4 is 21.7 Å². The summed E-state index contributed by atoms with van der Waals surface area (Å²) in [7, 11) is 0. The lowest BCUT2D eigenvalue weighted by Gasteiger charge is -2.08. The van der Waals surface area contributed by atoms with Crippen LogP contribution in [0.25, 0.3) is 11.1 Å². The van der Waals surface area contributed by atoms with Crippen LogP contribution in [-0.2, 0) is 0 Å². The minimum atomic E-state index is -0.241. The number of halogens is 1. The first-order chi connectivity index (χ1) is 11.1. The van der Waals surface area contributed by atoms with Gasteiger partial charge in [-0.15, -0.1) is 0 Å². The van der Waals surface area contributed by atoms with E-state index >= 15 is 0 Å². The number of hydrogen-bond donors (Lipinski definition) is 0. The van der Waals surface area contributed by atoms with Crippen molar-refractivity contribution in [1.29, 1.82) is 0 Å². The first-order valence-electron chi connectivity index (χ1n) is 7.51. The molecule has 0 saturated heterocycles. The summed E-state index contributed by atoms with van der Waals surface area (Å²) < 4.78 is 2.87. The average Bonchev–Trinajstić information content (AvgIpc) is 2.61. The van der Waals surface area contributed by atoms with Gasteiger partial charge >= 0.3 is 0 Å². The Morgan fingerprint density at radius 1 is 0.913 bits per heavy atom. The Bertz CT molecular complexity index is 813. The zero-order valence-electron chi connectivity index (χ0n) is 12.8. The monoisotopic (exact) mass is 366 g/mol. The van der Waals surface area contributed by atoms with Crippen molar-refractivity contribution in [2.75, 3.05) is 0 Å². The van der Waals surface area contributed by atoms with Gasteiger partial charge in [-0.25, -0.2) is 0 Å². The van der Waals surface area contributed by atoms with E-state index in [1.807, 2.05) is 78.5 Å². The van der Waals surface area contributed by atoms with Crippen LogP contribution < -0.4 is 4.57 Å². The van der Waals surface area contributed by atoms with E-state index in [4.69, 9.17) is 0 Å². The van der Waals surface area contributed by atoms with Gasteiger partial charge in [-0.2, -0.15) is 4.57 Å². The van der Waals surface area contributed by atoms with E-state index in [2.05, 4.69) is 28.1 Å². The van der Waals surface area contributed by atoms with Crippen molar-refractivity contribution < 1.29 is 9.36 Å². The highest BCUT2D eigenvalue weighted by atomic mass is 79.9. The highest BCUT2D eigenvalue weighted by Gasteiger charge is 2.23. The van der Waals surface area contributed by atoms with E-state index in [1.165, 1.54) is 0 Å². The second-order valence-electron chi connectivity index (χ2n) is 5.45. The molecule has 1 aromatic heterocycles. The molecule has 114 valence electrons. The zero-order valence-corrected chi connectivity index (χ0v) is 14.4. The predicted octanol–water partition coefficient (Wildman–Crippen LogP) is 4.85. The van der Waals surface area contributed by atoms with Gasteiger partial charge in [0.1, 0.15) is 0 Å². The van der Waals surface area contributed by atoms with Gasteiger partial charge in [-0.05, 0) is 33.1 Å². The third-order valence-electron chi connectivity index (χ3n) is 3.89. The van der Waals surface area contributed by atoms with Gasteiger partial charge < -0.3 is 0 Å². The SMILES string of the molecule is C[C@@H](C(=O)c1ccc(-c2ccccc2)cc1)[n+]1cccc(Br)c1. The van der Waals surface area contributed by atoms with Crippen LogP contribution in [0.1, 0.15) is 23.3 Å². The van der Waals surface area contributed by atoms with Crippen molar-refractivity contribution in [1.82, 2.24) is 0 Å². The summed E-state index contributed by atoms with van der Waals surface area (Å²) in [6.45, 7) is 1.92. The number of benzene rings is 2. The number of pyridine rings is 1. The highest BCUT2D eigenvalue weighted by Crippen LogP contribution is 2.20. The predicted molar refractivity (Wildman–Crippen MR) is 95.3 cm³/mol. The summed E-state index contributed by atoms with van der Waals surface area (Å²) in [6.07, 6.45) is 3.83. The van der Waals surface area contributed by atoms with Crippen LogP contribution in [0.3, 0.4) is 0 Å². The van der Waals surface area contributed by atoms with E-state index in [9.17, 15) is 4.79 Å². The third kappa shape index (κ3) is 3.57. The van der Waals surface area contributed by atoms with Gasteiger partial charge in [0, 0.05) is 18.6 Å². The first-order valence-corrected chi connectivity index (χ1v) is 8.30. The molecule has 0 saturated carbocycles. The van der Waals surface area contributed by atoms with Crippen LogP contribution in [0.15, 0.2) is 83.6 Å². The maximum atomic E-state index is 12.7. The number of carbonyl (C=O) groups is 1. The second kappa shape index (κ2) is 6.88. The zero-order chi connectivity index (χ0) is 16.2. The fourth-order valence-corrected chi connectivity index (χ4v) is 2.93. The first kappa shape index (κ1) is 15.6. The van der Waals surface area contributed by atoms with Gasteiger partial charge in [-0.1, -0.05) is 54.6 Å². The summed E-state index contributed by atoms with van der Waals surface area (Å²) >= 11 is 3.44. The molecule has 3 heteroatoms. The standard InChI is InChI=1S/C20H17BrNO/c1-15(22-13-5-8-19(21)14-22)20(23)18-11-9-17(10-12-18)16-6-3-2-4-7-16/h2-15H,1H3/q+1/t15-/m0/s1. The molecule has 0 fully saturated rings. The number of rotatable bonds is 4. The Kier molecular flexibility index (Phi) is 4.68. The third-order valence-corrected chi connectivity index (χ3v) is 4.36. The van der Waals surface area contributed by atoms with Crippen LogP contribution in [0, 0.1) is 0 Å². The van der Waals surface area contributed by atoms with E-state index < -0.39 is 0 Å². The lowest BCUT2D eigenvalue weighted by atomic mass is 10.00. The summed E-state index contributed by atoms with van der Waals surface area (Å²) in [5.74, 6) is 0.104. The molecule has 23 heavy (non-hydrogen) atoms. The lowest BCUT2D eigenvalue weighted by Crippen LogP contribution is -2.41. The molecule has 0 aliphatic heterocycles. The van der Waals surface area contributed by atoms with Gasteiger partial charge in [-0.3, -0.25) is 4.79 Å². The molecule has 0 amide bonds. The van der Waals surface area contributed by atoms with Crippen molar-refractivity contribution in [2.24, 2.45) is 0 Å². The Morgan fingerprint density at radius 3 is 2.22 bits per heavy atom. The Balaban J connectivity index is 1.83. The lowest BCUT2D eigenvalue weighted by molar-refractivity contribution is -0.705. The smallest absolute Gasteiger partial charge is 0.230 e. The van der Waals surface area contributed by atoms with Gasteiger partial charge in [0.15, 0.2) is 12.4 Å². The average molecular weight is 367 g/mol. The number of carbonyl (C=O) groups excluding carboxylic acids is 1. The number of ketones is 1. The van der Waals surface area contributed by atoms with E-state index in [-0.39, 0.29) is 11.8 Å². The van der Waals surface area contributed by atoms with Gasteiger partial charge in [0.05, 0.1) is 4.47 Å². The summed E-state index contributed by atoms with van der Waals surface area (Å²) in [4.78, 5) is 12.7. The number of aromatic nitrogens is 1. The van der Waals surface area contributed by atoms with Crippen molar-refractivity contribution in [2.45, 2.75) is 13.0 Å². The molecule has 0 radical (unpaired) electrons. The number of Topliss-reactive ketones (excluding diaryl/α,β-unsaturated/α-hetero) is 1. The van der Waals surface area contributed by atoms with Gasteiger partial charge in [0.2, 0.25) is 11.8 Å². The molecular formula is C20H17BrNO+. The molecular weight excluding hydrogens is 350 g/mol. The number of hydrogen-bond acceptors (Lipinski definition) is 1. The number of nitrogens with zero attached hydrogens (tertiary/aromatic N) is 1. The van der Waals surface area contributed by atoms with E-state index in [1.54, 1.807) is 0 Å². The fourth-order valence-electron chi connectivity index (χ4n) is 2.54. The summed E-state index contributed by atoms with van der Waals surface area (Å²) in [6, 6.07) is 21.6. The van der Waals surface area contributed by atoms with Crippen molar-refractivity contribution in [3.8, 4) is 11.1 Å². The van der Waals surface area contributed by atoms with Crippen molar-refractivity contribution in [3.05, 3.63) is 89.2 Å². The maximum Gasteiger partial charge on any atom is 0.230 e. The minimum Gasteiger partial charge on any atom is -0.287 e. The molecule has 2 aromatic carbocycles. The van der Waals surface area contributed by atoms with Crippen LogP contribution in [-0.4, -0.2) is 5.78 Å². The molecule has 1 heterocycles. The van der Waals surface area contributed by atoms with Crippen LogP contribution in [0.5, 0.6) is 0 Å². The second-order valence-corrected chi connectivity index (χ2v) is 6.37. The quantitative estimate of drug-likeness (QED) is 0.477. The van der Waals surface area contributed by atoms with Crippen LogP contribution in [0.2, 0.25) is 0 Å². The van der Waals surface area contributed by atoms with E-state index in [0.29, 0.717) is 0 Å². The normalized spacial score (nSPS) is 11.9. The Morgan fingerprint density at radius 2 is 1.57 bits per heavy atom. The molecule has 0 aliphatic carbocycles. The van der Waals surface area contributed by atoms with E-state index in [0.717, 1.165) is 21.2 Å². The molecule has 3 rings (SSSR count). The topological polar surface area (TPSA) is 20.9 Å². The Labute approximate surface area is 144 Å². The molecule has 0 bridgehead atoms. The molecule has 0 aliphatic rings. The summed E-state index contributed by atoms with van der Waals surface area (Å²) in [5.41, 5.74) is 3.00. The maximum absolute atomic E-state index is 12.7. The Hall–Kier alpha value is -2.26. The highest BCUT2D eigenvalue weighted by molar-refractivity contribution is 9.10. The molecule has 1 atom stereocenters. The molecule has 3 aromatic rings. The molecule has 2 nitrogen and oxygen atoms in total. The van der Waals surface area contributed by atoms with Gasteiger partial charge in [0.25, 0.3) is 0 Å². The molecule has 0 N–H and O–H groups in total.